The molecule has 134 valence electrons. The van der Waals surface area contributed by atoms with Gasteiger partial charge in [0.15, 0.2) is 5.75 Å². The van der Waals surface area contributed by atoms with Crippen molar-refractivity contribution < 1.29 is 13.9 Å². The second-order valence-electron chi connectivity index (χ2n) is 5.75. The molecule has 0 atom stereocenters. The van der Waals surface area contributed by atoms with Crippen LogP contribution in [0.25, 0.3) is 5.65 Å². The fourth-order valence-corrected chi connectivity index (χ4v) is 2.74. The second kappa shape index (κ2) is 7.09. The van der Waals surface area contributed by atoms with Crippen LogP contribution in [0.5, 0.6) is 11.5 Å². The number of hydrogen-bond acceptors (Lipinski definition) is 3. The summed E-state index contributed by atoms with van der Waals surface area (Å²) in [6.45, 7) is 0. The summed E-state index contributed by atoms with van der Waals surface area (Å²) in [5.74, 6) is 0.187. The minimum absolute atomic E-state index is 0.145. The van der Waals surface area contributed by atoms with Gasteiger partial charge in [0.25, 0.3) is 5.91 Å². The van der Waals surface area contributed by atoms with Crippen molar-refractivity contribution in [1.82, 2.24) is 9.38 Å². The minimum atomic E-state index is -0.459. The number of imidazole rings is 1. The van der Waals surface area contributed by atoms with Crippen LogP contribution in [-0.2, 0) is 0 Å². The van der Waals surface area contributed by atoms with Crippen LogP contribution in [0.4, 0.5) is 10.1 Å². The molecule has 2 aromatic carbocycles. The first-order valence-corrected chi connectivity index (χ1v) is 8.44. The molecule has 0 bridgehead atoms. The van der Waals surface area contributed by atoms with Gasteiger partial charge in [0.2, 0.25) is 0 Å². The van der Waals surface area contributed by atoms with Crippen LogP contribution in [0.15, 0.2) is 73.1 Å². The predicted octanol–water partition coefficient (Wildman–Crippen LogP) is 5.17. The monoisotopic (exact) mass is 381 g/mol. The number of fused-ring (bicyclic) bond motifs is 1. The van der Waals surface area contributed by atoms with E-state index >= 15 is 0 Å². The van der Waals surface area contributed by atoms with Gasteiger partial charge in [-0.25, -0.2) is 9.37 Å². The zero-order valence-corrected chi connectivity index (χ0v) is 14.7. The summed E-state index contributed by atoms with van der Waals surface area (Å²) in [5, 5.41) is 3.19. The van der Waals surface area contributed by atoms with Crippen LogP contribution in [0.1, 0.15) is 10.5 Å². The lowest BCUT2D eigenvalue weighted by atomic mass is 10.2. The average Bonchev–Trinajstić information content (AvgIpc) is 3.08. The summed E-state index contributed by atoms with van der Waals surface area (Å²) in [5.41, 5.74) is 1.01. The maximum Gasteiger partial charge on any atom is 0.275 e. The van der Waals surface area contributed by atoms with E-state index in [0.717, 1.165) is 0 Å². The zero-order valence-electron chi connectivity index (χ0n) is 13.9. The minimum Gasteiger partial charge on any atom is -0.455 e. The van der Waals surface area contributed by atoms with Crippen LogP contribution in [0.2, 0.25) is 5.02 Å². The lowest BCUT2D eigenvalue weighted by Gasteiger charge is -2.12. The number of rotatable bonds is 4. The van der Waals surface area contributed by atoms with E-state index in [2.05, 4.69) is 10.3 Å². The van der Waals surface area contributed by atoms with Crippen molar-refractivity contribution in [3.8, 4) is 11.5 Å². The standard InChI is InChI=1S/C20H13ClFN3O2/c21-13-6-8-18(27-15-4-2-1-3-5-15)16(10-13)24-20(26)17-12-25-11-14(22)7-9-19(25)23-17/h1-12H,(H,24,26). The Labute approximate surface area is 159 Å². The second-order valence-corrected chi connectivity index (χ2v) is 6.19. The number of pyridine rings is 1. The summed E-state index contributed by atoms with van der Waals surface area (Å²) in [4.78, 5) is 16.8. The molecule has 0 aliphatic heterocycles. The van der Waals surface area contributed by atoms with Crippen molar-refractivity contribution >= 4 is 28.8 Å². The molecule has 0 fully saturated rings. The molecule has 0 unspecified atom stereocenters. The van der Waals surface area contributed by atoms with E-state index in [0.29, 0.717) is 27.9 Å². The number of benzene rings is 2. The average molecular weight is 382 g/mol. The molecule has 0 aliphatic rings. The van der Waals surface area contributed by atoms with E-state index in [1.165, 1.54) is 28.9 Å². The fraction of sp³-hybridized carbons (Fsp3) is 0. The Morgan fingerprint density at radius 2 is 1.89 bits per heavy atom. The third-order valence-electron chi connectivity index (χ3n) is 3.81. The van der Waals surface area contributed by atoms with Crippen LogP contribution in [0, 0.1) is 5.82 Å². The van der Waals surface area contributed by atoms with Crippen molar-refractivity contribution in [2.45, 2.75) is 0 Å². The first-order valence-electron chi connectivity index (χ1n) is 8.06. The number of nitrogens with one attached hydrogen (secondary N) is 1. The normalized spacial score (nSPS) is 10.7. The number of aromatic nitrogens is 2. The van der Waals surface area contributed by atoms with Crippen molar-refractivity contribution in [1.29, 1.82) is 0 Å². The Kier molecular flexibility index (Phi) is 4.48. The Hall–Kier alpha value is -3.38. The zero-order chi connectivity index (χ0) is 18.8. The Morgan fingerprint density at radius 1 is 1.07 bits per heavy atom. The summed E-state index contributed by atoms with van der Waals surface area (Å²) in [6.07, 6.45) is 2.71. The summed E-state index contributed by atoms with van der Waals surface area (Å²) in [6, 6.07) is 16.9. The molecular formula is C20H13ClFN3O2. The SMILES string of the molecule is O=C(Nc1cc(Cl)ccc1Oc1ccccc1)c1cn2cc(F)ccc2n1. The highest BCUT2D eigenvalue weighted by atomic mass is 35.5. The number of ether oxygens (including phenoxy) is 1. The molecule has 2 aromatic heterocycles. The fourth-order valence-electron chi connectivity index (χ4n) is 2.56. The molecule has 0 spiro atoms. The van der Waals surface area contributed by atoms with E-state index in [9.17, 15) is 9.18 Å². The first-order chi connectivity index (χ1) is 13.1. The van der Waals surface area contributed by atoms with Crippen LogP contribution < -0.4 is 10.1 Å². The number of hydrogen-bond donors (Lipinski definition) is 1. The molecule has 0 saturated carbocycles. The van der Waals surface area contributed by atoms with Gasteiger partial charge in [0.05, 0.1) is 5.69 Å². The molecular weight excluding hydrogens is 369 g/mol. The molecule has 1 N–H and O–H groups in total. The summed E-state index contributed by atoms with van der Waals surface area (Å²) < 4.78 is 20.6. The highest BCUT2D eigenvalue weighted by molar-refractivity contribution is 6.31. The third-order valence-corrected chi connectivity index (χ3v) is 4.04. The van der Waals surface area contributed by atoms with Crippen molar-refractivity contribution in [2.24, 2.45) is 0 Å². The third kappa shape index (κ3) is 3.75. The van der Waals surface area contributed by atoms with Crippen molar-refractivity contribution in [3.63, 3.8) is 0 Å². The van der Waals surface area contributed by atoms with Crippen molar-refractivity contribution in [2.75, 3.05) is 5.32 Å². The van der Waals surface area contributed by atoms with Gasteiger partial charge in [-0.1, -0.05) is 29.8 Å². The van der Waals surface area contributed by atoms with Gasteiger partial charge >= 0.3 is 0 Å². The van der Waals surface area contributed by atoms with E-state index in [4.69, 9.17) is 16.3 Å². The van der Waals surface area contributed by atoms with Crippen LogP contribution >= 0.6 is 11.6 Å². The van der Waals surface area contributed by atoms with Gasteiger partial charge in [0, 0.05) is 17.4 Å². The van der Waals surface area contributed by atoms with Gasteiger partial charge < -0.3 is 14.5 Å². The molecule has 0 aliphatic carbocycles. The quantitative estimate of drug-likeness (QED) is 0.530. The van der Waals surface area contributed by atoms with Gasteiger partial charge in [-0.15, -0.1) is 0 Å². The molecule has 4 rings (SSSR count). The Balaban J connectivity index is 1.62. The molecule has 4 aromatic rings. The van der Waals surface area contributed by atoms with Gasteiger partial charge in [-0.2, -0.15) is 0 Å². The molecule has 5 nitrogen and oxygen atoms in total. The lowest BCUT2D eigenvalue weighted by Crippen LogP contribution is -2.13. The predicted molar refractivity (Wildman–Crippen MR) is 101 cm³/mol. The number of carbonyl (C=O) groups excluding carboxylic acids is 1. The lowest BCUT2D eigenvalue weighted by molar-refractivity contribution is 0.102. The smallest absolute Gasteiger partial charge is 0.275 e. The summed E-state index contributed by atoms with van der Waals surface area (Å²) in [7, 11) is 0. The largest absolute Gasteiger partial charge is 0.455 e. The number of anilines is 1. The van der Waals surface area contributed by atoms with Gasteiger partial charge in [0.1, 0.15) is 22.9 Å². The van der Waals surface area contributed by atoms with Gasteiger partial charge in [-0.05, 0) is 42.5 Å². The molecule has 7 heteroatoms. The number of carbonyl (C=O) groups is 1. The molecule has 2 heterocycles. The Bertz CT molecular complexity index is 1130. The number of halogens is 2. The van der Waals surface area contributed by atoms with Gasteiger partial charge in [-0.3, -0.25) is 4.79 Å². The van der Waals surface area contributed by atoms with Crippen LogP contribution in [0.3, 0.4) is 0 Å². The Morgan fingerprint density at radius 3 is 2.70 bits per heavy atom. The van der Waals surface area contributed by atoms with Crippen LogP contribution in [-0.4, -0.2) is 15.3 Å². The topological polar surface area (TPSA) is 55.6 Å². The van der Waals surface area contributed by atoms with E-state index in [1.807, 2.05) is 18.2 Å². The molecule has 1 amide bonds. The highest BCUT2D eigenvalue weighted by Gasteiger charge is 2.15. The van der Waals surface area contributed by atoms with Crippen molar-refractivity contribution in [3.05, 3.63) is 89.6 Å². The first kappa shape index (κ1) is 17.1. The highest BCUT2D eigenvalue weighted by Crippen LogP contribution is 2.32. The maximum atomic E-state index is 13.3. The number of nitrogens with zero attached hydrogens (tertiary/aromatic N) is 2. The molecule has 0 radical (unpaired) electrons. The molecule has 27 heavy (non-hydrogen) atoms. The summed E-state index contributed by atoms with van der Waals surface area (Å²) >= 11 is 6.06. The van der Waals surface area contributed by atoms with E-state index in [-0.39, 0.29) is 5.69 Å². The van der Waals surface area contributed by atoms with E-state index in [1.54, 1.807) is 30.3 Å². The number of amides is 1. The molecule has 0 saturated heterocycles. The van der Waals surface area contributed by atoms with E-state index < -0.39 is 11.7 Å². The maximum absolute atomic E-state index is 13.3. The number of para-hydroxylation sites is 1.